The van der Waals surface area contributed by atoms with Crippen molar-refractivity contribution in [3.63, 3.8) is 0 Å². The van der Waals surface area contributed by atoms with Crippen LogP contribution in [0.4, 0.5) is 5.69 Å². The minimum Gasteiger partial charge on any atom is -0.399 e. The summed E-state index contributed by atoms with van der Waals surface area (Å²) in [6.45, 7) is 9.40. The average molecular weight is 363 g/mol. The van der Waals surface area contributed by atoms with Crippen LogP contribution in [-0.4, -0.2) is 17.4 Å². The quantitative estimate of drug-likeness (QED) is 0.442. The second-order valence-corrected chi connectivity index (χ2v) is 5.95. The molecular formula is C22H25N3O2. The van der Waals surface area contributed by atoms with Gasteiger partial charge in [-0.15, -0.1) is 13.2 Å². The van der Waals surface area contributed by atoms with Gasteiger partial charge in [-0.3, -0.25) is 9.59 Å². The molecule has 5 heteroatoms. The monoisotopic (exact) mass is 363 g/mol. The summed E-state index contributed by atoms with van der Waals surface area (Å²) in [7, 11) is 0. The van der Waals surface area contributed by atoms with E-state index in [1.165, 1.54) is 0 Å². The van der Waals surface area contributed by atoms with Gasteiger partial charge in [0.25, 0.3) is 5.91 Å². The van der Waals surface area contributed by atoms with E-state index < -0.39 is 11.4 Å². The van der Waals surface area contributed by atoms with Gasteiger partial charge in [0.2, 0.25) is 5.91 Å². The summed E-state index contributed by atoms with van der Waals surface area (Å²) in [6.07, 6.45) is 0.416. The third-order valence-corrected chi connectivity index (χ3v) is 4.05. The fourth-order valence-electron chi connectivity index (χ4n) is 2.06. The molecule has 1 atom stereocenters. The van der Waals surface area contributed by atoms with Gasteiger partial charge in [0.05, 0.1) is 0 Å². The summed E-state index contributed by atoms with van der Waals surface area (Å²) in [6, 6.07) is 14.1. The zero-order valence-corrected chi connectivity index (χ0v) is 15.7. The summed E-state index contributed by atoms with van der Waals surface area (Å²) >= 11 is 0. The molecular weight excluding hydrogens is 338 g/mol. The van der Waals surface area contributed by atoms with Crippen LogP contribution in [0.15, 0.2) is 61.7 Å². The molecule has 0 radical (unpaired) electrons. The highest BCUT2D eigenvalue weighted by molar-refractivity contribution is 5.98. The fraction of sp³-hybridized carbons (Fsp3) is 0.182. The van der Waals surface area contributed by atoms with Gasteiger partial charge in [-0.1, -0.05) is 18.8 Å². The molecule has 0 bridgehead atoms. The first-order valence-electron chi connectivity index (χ1n) is 8.44. The van der Waals surface area contributed by atoms with Gasteiger partial charge in [0.15, 0.2) is 0 Å². The van der Waals surface area contributed by atoms with Crippen LogP contribution in [0.1, 0.15) is 41.8 Å². The van der Waals surface area contributed by atoms with Crippen LogP contribution >= 0.6 is 0 Å². The zero-order valence-electron chi connectivity index (χ0n) is 15.7. The van der Waals surface area contributed by atoms with Crippen LogP contribution in [0, 0.1) is 11.8 Å². The van der Waals surface area contributed by atoms with Crippen LogP contribution in [0.3, 0.4) is 0 Å². The van der Waals surface area contributed by atoms with Gasteiger partial charge in [-0.05, 0) is 61.9 Å². The van der Waals surface area contributed by atoms with E-state index in [9.17, 15) is 9.59 Å². The molecule has 0 fully saturated rings. The Morgan fingerprint density at radius 1 is 1.00 bits per heavy atom. The van der Waals surface area contributed by atoms with Crippen LogP contribution in [0.2, 0.25) is 0 Å². The number of rotatable bonds is 4. The van der Waals surface area contributed by atoms with Gasteiger partial charge >= 0.3 is 0 Å². The third kappa shape index (κ3) is 6.05. The highest BCUT2D eigenvalue weighted by Gasteiger charge is 2.30. The van der Waals surface area contributed by atoms with Gasteiger partial charge in [-0.2, -0.15) is 0 Å². The largest absolute Gasteiger partial charge is 0.399 e. The number of hydrogen-bond donors (Lipinski definition) is 3. The minimum atomic E-state index is -1.06. The van der Waals surface area contributed by atoms with Crippen LogP contribution in [0.25, 0.3) is 0 Å². The molecule has 2 aromatic rings. The Morgan fingerprint density at radius 2 is 1.44 bits per heavy atom. The SMILES string of the molecule is C=C.CC[C@](C)(NC(=O)c1ccc(C#Cc2ccc(N)cc2)cc1)C(N)=O. The molecule has 0 aliphatic rings. The first-order chi connectivity index (χ1) is 12.8. The zero-order chi connectivity index (χ0) is 20.4. The van der Waals surface area contributed by atoms with Crippen molar-refractivity contribution in [3.05, 3.63) is 78.4 Å². The summed E-state index contributed by atoms with van der Waals surface area (Å²) < 4.78 is 0. The molecule has 27 heavy (non-hydrogen) atoms. The molecule has 0 unspecified atom stereocenters. The van der Waals surface area contributed by atoms with Crippen molar-refractivity contribution in [1.82, 2.24) is 5.32 Å². The maximum absolute atomic E-state index is 12.3. The topological polar surface area (TPSA) is 98.2 Å². The minimum absolute atomic E-state index is 0.346. The number of carbonyl (C=O) groups excluding carboxylic acids is 2. The second-order valence-electron chi connectivity index (χ2n) is 5.95. The number of nitrogen functional groups attached to an aromatic ring is 1. The Bertz CT molecular complexity index is 846. The number of nitrogens with one attached hydrogen (secondary N) is 1. The van der Waals surface area contributed by atoms with Crippen molar-refractivity contribution in [2.45, 2.75) is 25.8 Å². The Morgan fingerprint density at radius 3 is 1.85 bits per heavy atom. The molecule has 0 saturated heterocycles. The number of hydrogen-bond acceptors (Lipinski definition) is 3. The smallest absolute Gasteiger partial charge is 0.252 e. The number of nitrogens with two attached hydrogens (primary N) is 2. The normalized spacial score (nSPS) is 11.6. The standard InChI is InChI=1S/C20H21N3O2.C2H4/c1-3-20(2,19(22)25)23-18(24)16-10-6-14(7-11-16)4-5-15-8-12-17(21)13-9-15;1-2/h6-13H,3,21H2,1-2H3,(H2,22,25)(H,23,24);1-2H2/t20-;/m0./s1. The van der Waals surface area contributed by atoms with Crippen LogP contribution in [0.5, 0.6) is 0 Å². The molecule has 0 aliphatic carbocycles. The van der Waals surface area contributed by atoms with E-state index in [0.29, 0.717) is 17.7 Å². The molecule has 2 aromatic carbocycles. The number of benzene rings is 2. The van der Waals surface area contributed by atoms with Gasteiger partial charge in [-0.25, -0.2) is 0 Å². The molecule has 0 spiro atoms. The highest BCUT2D eigenvalue weighted by atomic mass is 16.2. The first-order valence-corrected chi connectivity index (χ1v) is 8.44. The first kappa shape index (κ1) is 21.5. The highest BCUT2D eigenvalue weighted by Crippen LogP contribution is 2.11. The van der Waals surface area contributed by atoms with E-state index >= 15 is 0 Å². The van der Waals surface area contributed by atoms with E-state index in [1.54, 1.807) is 50.2 Å². The molecule has 5 N–H and O–H groups in total. The number of anilines is 1. The van der Waals surface area contributed by atoms with Crippen LogP contribution < -0.4 is 16.8 Å². The third-order valence-electron chi connectivity index (χ3n) is 4.05. The van der Waals surface area contributed by atoms with E-state index in [4.69, 9.17) is 11.5 Å². The number of carbonyl (C=O) groups is 2. The van der Waals surface area contributed by atoms with Crippen molar-refractivity contribution in [1.29, 1.82) is 0 Å². The molecule has 0 saturated carbocycles. The predicted molar refractivity (Wildman–Crippen MR) is 110 cm³/mol. The summed E-state index contributed by atoms with van der Waals surface area (Å²) in [5.74, 6) is 5.15. The Labute approximate surface area is 160 Å². The lowest BCUT2D eigenvalue weighted by Gasteiger charge is -2.25. The van der Waals surface area contributed by atoms with Crippen LogP contribution in [-0.2, 0) is 4.79 Å². The molecule has 2 amide bonds. The van der Waals surface area contributed by atoms with Gasteiger partial charge < -0.3 is 16.8 Å². The Hall–Kier alpha value is -3.52. The fourth-order valence-corrected chi connectivity index (χ4v) is 2.06. The Kier molecular flexibility index (Phi) is 7.84. The molecule has 140 valence electrons. The predicted octanol–water partition coefficient (Wildman–Crippen LogP) is 2.85. The second kappa shape index (κ2) is 9.83. The lowest BCUT2D eigenvalue weighted by atomic mass is 9.97. The molecule has 5 nitrogen and oxygen atoms in total. The average Bonchev–Trinajstić information content (AvgIpc) is 2.69. The Balaban J connectivity index is 0.00000176. The molecule has 0 aliphatic heterocycles. The van der Waals surface area contributed by atoms with Gasteiger partial charge in [0, 0.05) is 22.4 Å². The van der Waals surface area contributed by atoms with Crippen molar-refractivity contribution >= 4 is 17.5 Å². The summed E-state index contributed by atoms with van der Waals surface area (Å²) in [5.41, 5.74) is 12.7. The molecule has 2 rings (SSSR count). The van der Waals surface area contributed by atoms with E-state index in [0.717, 1.165) is 11.1 Å². The number of amides is 2. The number of primary amides is 1. The van der Waals surface area contributed by atoms with Crippen molar-refractivity contribution in [2.75, 3.05) is 5.73 Å². The van der Waals surface area contributed by atoms with Crippen molar-refractivity contribution < 1.29 is 9.59 Å². The van der Waals surface area contributed by atoms with E-state index in [2.05, 4.69) is 30.3 Å². The van der Waals surface area contributed by atoms with Gasteiger partial charge in [0.1, 0.15) is 5.54 Å². The molecule has 0 heterocycles. The van der Waals surface area contributed by atoms with Crippen molar-refractivity contribution in [3.8, 4) is 11.8 Å². The molecule has 0 aromatic heterocycles. The van der Waals surface area contributed by atoms with Crippen molar-refractivity contribution in [2.24, 2.45) is 5.73 Å². The lowest BCUT2D eigenvalue weighted by molar-refractivity contribution is -0.123. The maximum atomic E-state index is 12.3. The maximum Gasteiger partial charge on any atom is 0.252 e. The lowest BCUT2D eigenvalue weighted by Crippen LogP contribution is -2.54. The van der Waals surface area contributed by atoms with E-state index in [1.807, 2.05) is 12.1 Å². The summed E-state index contributed by atoms with van der Waals surface area (Å²) in [5, 5.41) is 2.68. The summed E-state index contributed by atoms with van der Waals surface area (Å²) in [4.78, 5) is 23.8. The van der Waals surface area contributed by atoms with E-state index in [-0.39, 0.29) is 5.91 Å².